The zero-order valence-corrected chi connectivity index (χ0v) is 14.2. The van der Waals surface area contributed by atoms with Crippen molar-refractivity contribution in [3.63, 3.8) is 0 Å². The lowest BCUT2D eigenvalue weighted by Gasteiger charge is -2.11. The second-order valence-corrected chi connectivity index (χ2v) is 7.47. The second kappa shape index (κ2) is 6.17. The van der Waals surface area contributed by atoms with Crippen LogP contribution in [0.3, 0.4) is 0 Å². The van der Waals surface area contributed by atoms with Crippen molar-refractivity contribution in [2.75, 3.05) is 4.72 Å². The van der Waals surface area contributed by atoms with Gasteiger partial charge in [0, 0.05) is 16.2 Å². The molecule has 0 spiro atoms. The van der Waals surface area contributed by atoms with E-state index in [4.69, 9.17) is 5.73 Å². The molecule has 0 aliphatic carbocycles. The molecule has 3 N–H and O–H groups in total. The third-order valence-electron chi connectivity index (χ3n) is 3.10. The van der Waals surface area contributed by atoms with Crippen molar-refractivity contribution < 1.29 is 8.42 Å². The number of anilines is 1. The van der Waals surface area contributed by atoms with Crippen LogP contribution in [-0.4, -0.2) is 8.42 Å². The van der Waals surface area contributed by atoms with Crippen LogP contribution in [0.15, 0.2) is 51.8 Å². The fourth-order valence-electron chi connectivity index (χ4n) is 1.89. The minimum atomic E-state index is -3.62. The van der Waals surface area contributed by atoms with Gasteiger partial charge in [-0.25, -0.2) is 8.42 Å². The van der Waals surface area contributed by atoms with Crippen LogP contribution in [0.2, 0.25) is 0 Å². The van der Waals surface area contributed by atoms with Crippen LogP contribution in [0.4, 0.5) is 5.69 Å². The Morgan fingerprint density at radius 3 is 2.52 bits per heavy atom. The molecule has 4 nitrogen and oxygen atoms in total. The molecule has 6 heteroatoms. The second-order valence-electron chi connectivity index (χ2n) is 4.93. The van der Waals surface area contributed by atoms with Crippen LogP contribution < -0.4 is 10.5 Å². The summed E-state index contributed by atoms with van der Waals surface area (Å²) in [6, 6.07) is 11.7. The average molecular weight is 369 g/mol. The summed E-state index contributed by atoms with van der Waals surface area (Å²) in [6.45, 7) is 3.72. The third kappa shape index (κ3) is 3.84. The van der Waals surface area contributed by atoms with Crippen molar-refractivity contribution in [2.45, 2.75) is 24.8 Å². The number of hydrogen-bond donors (Lipinski definition) is 2. The Labute approximate surface area is 133 Å². The Balaban J connectivity index is 2.33. The van der Waals surface area contributed by atoms with Gasteiger partial charge < -0.3 is 5.73 Å². The fourth-order valence-corrected chi connectivity index (χ4v) is 3.24. The quantitative estimate of drug-likeness (QED) is 0.865. The molecule has 2 aromatic rings. The zero-order chi connectivity index (χ0) is 15.6. The molecule has 0 aromatic heterocycles. The molecule has 0 aliphatic rings. The molecule has 0 fully saturated rings. The molecular formula is C15H17BrN2O2S. The van der Waals surface area contributed by atoms with Crippen molar-refractivity contribution in [3.8, 4) is 0 Å². The molecule has 2 aromatic carbocycles. The van der Waals surface area contributed by atoms with Gasteiger partial charge in [-0.1, -0.05) is 28.1 Å². The fraction of sp³-hybridized carbons (Fsp3) is 0.200. The van der Waals surface area contributed by atoms with Crippen molar-refractivity contribution in [1.82, 2.24) is 0 Å². The summed E-state index contributed by atoms with van der Waals surface area (Å²) in [6.07, 6.45) is 0. The molecule has 1 unspecified atom stereocenters. The molecule has 0 heterocycles. The summed E-state index contributed by atoms with van der Waals surface area (Å²) in [5, 5.41) is 0. The summed E-state index contributed by atoms with van der Waals surface area (Å²) in [4.78, 5) is 0.206. The first-order chi connectivity index (χ1) is 9.79. The lowest BCUT2D eigenvalue weighted by molar-refractivity contribution is 0.601. The number of aryl methyl sites for hydroxylation is 1. The number of rotatable bonds is 4. The van der Waals surface area contributed by atoms with E-state index >= 15 is 0 Å². The van der Waals surface area contributed by atoms with Crippen LogP contribution in [0.25, 0.3) is 0 Å². The smallest absolute Gasteiger partial charge is 0.261 e. The lowest BCUT2D eigenvalue weighted by Crippen LogP contribution is -2.14. The van der Waals surface area contributed by atoms with Gasteiger partial charge in [0.1, 0.15) is 0 Å². The Hall–Kier alpha value is -1.37. The van der Waals surface area contributed by atoms with Crippen LogP contribution in [0, 0.1) is 6.92 Å². The Bertz CT molecular complexity index is 758. The number of hydrogen-bond acceptors (Lipinski definition) is 3. The number of halogens is 1. The van der Waals surface area contributed by atoms with Gasteiger partial charge in [0.15, 0.2) is 0 Å². The minimum Gasteiger partial charge on any atom is -0.324 e. The highest BCUT2D eigenvalue weighted by atomic mass is 79.9. The Morgan fingerprint density at radius 1 is 1.19 bits per heavy atom. The van der Waals surface area contributed by atoms with Gasteiger partial charge in [-0.15, -0.1) is 0 Å². The topological polar surface area (TPSA) is 72.2 Å². The monoisotopic (exact) mass is 368 g/mol. The summed E-state index contributed by atoms with van der Waals surface area (Å²) >= 11 is 3.39. The Morgan fingerprint density at radius 2 is 1.90 bits per heavy atom. The first-order valence-electron chi connectivity index (χ1n) is 6.44. The van der Waals surface area contributed by atoms with Crippen molar-refractivity contribution >= 4 is 31.6 Å². The van der Waals surface area contributed by atoms with E-state index in [2.05, 4.69) is 20.7 Å². The maximum Gasteiger partial charge on any atom is 0.261 e. The molecule has 0 amide bonds. The SMILES string of the molecule is Cc1cc(NS(=O)(=O)c2cccc(C(C)N)c2)ccc1Br. The number of benzene rings is 2. The van der Waals surface area contributed by atoms with Gasteiger partial charge >= 0.3 is 0 Å². The average Bonchev–Trinajstić information content (AvgIpc) is 2.43. The van der Waals surface area contributed by atoms with Gasteiger partial charge in [-0.2, -0.15) is 0 Å². The molecule has 2 rings (SSSR count). The van der Waals surface area contributed by atoms with Gasteiger partial charge in [-0.3, -0.25) is 4.72 Å². The van der Waals surface area contributed by atoms with E-state index in [-0.39, 0.29) is 10.9 Å². The highest BCUT2D eigenvalue weighted by Crippen LogP contribution is 2.23. The van der Waals surface area contributed by atoms with Gasteiger partial charge in [-0.05, 0) is 55.3 Å². The maximum absolute atomic E-state index is 12.4. The minimum absolute atomic E-state index is 0.206. The van der Waals surface area contributed by atoms with Crippen molar-refractivity contribution in [1.29, 1.82) is 0 Å². The maximum atomic E-state index is 12.4. The van der Waals surface area contributed by atoms with E-state index in [0.29, 0.717) is 5.69 Å². The van der Waals surface area contributed by atoms with Crippen LogP contribution in [0.1, 0.15) is 24.1 Å². The molecule has 0 aliphatic heterocycles. The molecule has 1 atom stereocenters. The Kier molecular flexibility index (Phi) is 4.70. The zero-order valence-electron chi connectivity index (χ0n) is 11.8. The molecule has 21 heavy (non-hydrogen) atoms. The highest BCUT2D eigenvalue weighted by Gasteiger charge is 2.15. The molecule has 0 saturated heterocycles. The van der Waals surface area contributed by atoms with E-state index < -0.39 is 10.0 Å². The van der Waals surface area contributed by atoms with E-state index in [0.717, 1.165) is 15.6 Å². The van der Waals surface area contributed by atoms with Crippen LogP contribution >= 0.6 is 15.9 Å². The third-order valence-corrected chi connectivity index (χ3v) is 5.37. The van der Waals surface area contributed by atoms with Crippen molar-refractivity contribution in [3.05, 3.63) is 58.1 Å². The summed E-state index contributed by atoms with van der Waals surface area (Å²) < 4.78 is 28.3. The van der Waals surface area contributed by atoms with E-state index in [1.54, 1.807) is 30.3 Å². The van der Waals surface area contributed by atoms with Crippen LogP contribution in [0.5, 0.6) is 0 Å². The van der Waals surface area contributed by atoms with E-state index in [9.17, 15) is 8.42 Å². The van der Waals surface area contributed by atoms with Gasteiger partial charge in [0.25, 0.3) is 10.0 Å². The highest BCUT2D eigenvalue weighted by molar-refractivity contribution is 9.10. The van der Waals surface area contributed by atoms with E-state index in [1.165, 1.54) is 0 Å². The molecule has 0 saturated carbocycles. The lowest BCUT2D eigenvalue weighted by atomic mass is 10.1. The largest absolute Gasteiger partial charge is 0.324 e. The number of sulfonamides is 1. The molecular weight excluding hydrogens is 352 g/mol. The van der Waals surface area contributed by atoms with Gasteiger partial charge in [0.05, 0.1) is 4.90 Å². The normalized spacial score (nSPS) is 13.0. The predicted molar refractivity (Wildman–Crippen MR) is 88.7 cm³/mol. The summed E-state index contributed by atoms with van der Waals surface area (Å²) in [7, 11) is -3.62. The van der Waals surface area contributed by atoms with Crippen molar-refractivity contribution in [2.24, 2.45) is 5.73 Å². The summed E-state index contributed by atoms with van der Waals surface area (Å²) in [5.41, 5.74) is 8.06. The van der Waals surface area contributed by atoms with E-state index in [1.807, 2.05) is 26.0 Å². The summed E-state index contributed by atoms with van der Waals surface area (Å²) in [5.74, 6) is 0. The first kappa shape index (κ1) is 16.0. The molecule has 0 bridgehead atoms. The first-order valence-corrected chi connectivity index (χ1v) is 8.72. The van der Waals surface area contributed by atoms with Crippen LogP contribution in [-0.2, 0) is 10.0 Å². The standard InChI is InChI=1S/C15H17BrN2O2S/c1-10-8-13(6-7-15(10)16)18-21(19,20)14-5-3-4-12(9-14)11(2)17/h3-9,11,18H,17H2,1-2H3. The molecule has 0 radical (unpaired) electrons. The van der Waals surface area contributed by atoms with Gasteiger partial charge in [0.2, 0.25) is 0 Å². The predicted octanol–water partition coefficient (Wildman–Crippen LogP) is 3.58. The number of nitrogens with one attached hydrogen (secondary N) is 1. The number of nitrogens with two attached hydrogens (primary N) is 1. The molecule has 112 valence electrons.